The fourth-order valence-electron chi connectivity index (χ4n) is 2.19. The SMILES string of the molecule is CN(CC(=O)N1CCCC(Oc2cccnn2)C1)S(C)(=O)=O. The zero-order valence-electron chi connectivity index (χ0n) is 12.7. The van der Waals surface area contributed by atoms with Crippen LogP contribution in [0, 0.1) is 0 Å². The van der Waals surface area contributed by atoms with Gasteiger partial charge in [-0.2, -0.15) is 9.40 Å². The topological polar surface area (TPSA) is 92.7 Å². The van der Waals surface area contributed by atoms with Gasteiger partial charge in [-0.15, -0.1) is 5.10 Å². The highest BCUT2D eigenvalue weighted by Crippen LogP contribution is 2.16. The van der Waals surface area contributed by atoms with E-state index in [1.165, 1.54) is 7.05 Å². The molecule has 0 aliphatic carbocycles. The highest BCUT2D eigenvalue weighted by atomic mass is 32.2. The van der Waals surface area contributed by atoms with Crippen molar-refractivity contribution >= 4 is 15.9 Å². The monoisotopic (exact) mass is 328 g/mol. The number of rotatable bonds is 5. The number of sulfonamides is 1. The third-order valence-electron chi connectivity index (χ3n) is 3.49. The van der Waals surface area contributed by atoms with Gasteiger partial charge in [-0.3, -0.25) is 4.79 Å². The molecule has 1 saturated heterocycles. The molecule has 1 amide bonds. The molecule has 1 unspecified atom stereocenters. The van der Waals surface area contributed by atoms with Crippen LogP contribution < -0.4 is 4.74 Å². The van der Waals surface area contributed by atoms with Crippen LogP contribution >= 0.6 is 0 Å². The first kappa shape index (κ1) is 16.6. The number of nitrogens with zero attached hydrogens (tertiary/aromatic N) is 4. The number of aromatic nitrogens is 2. The first-order valence-corrected chi connectivity index (χ1v) is 8.84. The summed E-state index contributed by atoms with van der Waals surface area (Å²) in [5.41, 5.74) is 0. The lowest BCUT2D eigenvalue weighted by Crippen LogP contribution is -2.48. The van der Waals surface area contributed by atoms with Crippen molar-refractivity contribution < 1.29 is 17.9 Å². The Kier molecular flexibility index (Phi) is 5.30. The van der Waals surface area contributed by atoms with Crippen LogP contribution in [0.1, 0.15) is 12.8 Å². The molecule has 1 aromatic rings. The molecular weight excluding hydrogens is 308 g/mol. The minimum Gasteiger partial charge on any atom is -0.471 e. The van der Waals surface area contributed by atoms with Crippen LogP contribution in [0.15, 0.2) is 18.3 Å². The Morgan fingerprint density at radius 1 is 1.55 bits per heavy atom. The molecule has 9 heteroatoms. The first-order chi connectivity index (χ1) is 10.4. The van der Waals surface area contributed by atoms with Crippen molar-refractivity contribution in [2.45, 2.75) is 18.9 Å². The smallest absolute Gasteiger partial charge is 0.238 e. The highest BCUT2D eigenvalue weighted by molar-refractivity contribution is 7.88. The molecule has 1 aliphatic heterocycles. The van der Waals surface area contributed by atoms with Crippen molar-refractivity contribution in [2.75, 3.05) is 32.9 Å². The number of piperidine rings is 1. The lowest BCUT2D eigenvalue weighted by atomic mass is 10.1. The van der Waals surface area contributed by atoms with E-state index in [4.69, 9.17) is 4.74 Å². The molecule has 0 bridgehead atoms. The summed E-state index contributed by atoms with van der Waals surface area (Å²) < 4.78 is 29.5. The quantitative estimate of drug-likeness (QED) is 0.739. The molecule has 22 heavy (non-hydrogen) atoms. The van der Waals surface area contributed by atoms with Gasteiger partial charge < -0.3 is 9.64 Å². The van der Waals surface area contributed by atoms with Gasteiger partial charge in [0, 0.05) is 25.9 Å². The number of likely N-dealkylation sites (tertiary alicyclic amines) is 1. The van der Waals surface area contributed by atoms with Gasteiger partial charge in [0.05, 0.1) is 19.3 Å². The van der Waals surface area contributed by atoms with Gasteiger partial charge in [-0.05, 0) is 18.9 Å². The zero-order valence-corrected chi connectivity index (χ0v) is 13.5. The van der Waals surface area contributed by atoms with E-state index in [0.29, 0.717) is 19.0 Å². The van der Waals surface area contributed by atoms with E-state index in [1.54, 1.807) is 23.2 Å². The van der Waals surface area contributed by atoms with Crippen molar-refractivity contribution in [2.24, 2.45) is 0 Å². The number of carbonyl (C=O) groups excluding carboxylic acids is 1. The van der Waals surface area contributed by atoms with E-state index in [1.807, 2.05) is 0 Å². The van der Waals surface area contributed by atoms with E-state index < -0.39 is 10.0 Å². The van der Waals surface area contributed by atoms with Gasteiger partial charge in [0.1, 0.15) is 6.10 Å². The Labute approximate surface area is 130 Å². The molecule has 1 aromatic heterocycles. The van der Waals surface area contributed by atoms with Crippen molar-refractivity contribution in [3.63, 3.8) is 0 Å². The van der Waals surface area contributed by atoms with E-state index in [0.717, 1.165) is 23.4 Å². The fourth-order valence-corrected chi connectivity index (χ4v) is 2.53. The highest BCUT2D eigenvalue weighted by Gasteiger charge is 2.27. The van der Waals surface area contributed by atoms with Crippen molar-refractivity contribution in [1.29, 1.82) is 0 Å². The molecule has 0 aromatic carbocycles. The number of likely N-dealkylation sites (N-methyl/N-ethyl adjacent to an activating group) is 1. The molecule has 0 radical (unpaired) electrons. The Morgan fingerprint density at radius 2 is 2.32 bits per heavy atom. The van der Waals surface area contributed by atoms with E-state index in [9.17, 15) is 13.2 Å². The van der Waals surface area contributed by atoms with E-state index >= 15 is 0 Å². The van der Waals surface area contributed by atoms with E-state index in [2.05, 4.69) is 10.2 Å². The second-order valence-electron chi connectivity index (χ2n) is 5.30. The molecule has 2 heterocycles. The second-order valence-corrected chi connectivity index (χ2v) is 7.39. The summed E-state index contributed by atoms with van der Waals surface area (Å²) in [5.74, 6) is 0.204. The van der Waals surface area contributed by atoms with Gasteiger partial charge in [-0.1, -0.05) is 0 Å². The summed E-state index contributed by atoms with van der Waals surface area (Å²) >= 11 is 0. The maximum atomic E-state index is 12.2. The average molecular weight is 328 g/mol. The standard InChI is InChI=1S/C13H20N4O4S/c1-16(22(2,19)20)10-13(18)17-8-4-5-11(9-17)21-12-6-3-7-14-15-12/h3,6-7,11H,4-5,8-10H2,1-2H3. The summed E-state index contributed by atoms with van der Waals surface area (Å²) in [5, 5.41) is 7.60. The summed E-state index contributed by atoms with van der Waals surface area (Å²) in [4.78, 5) is 13.8. The fraction of sp³-hybridized carbons (Fsp3) is 0.615. The van der Waals surface area contributed by atoms with Gasteiger partial charge in [0.25, 0.3) is 0 Å². The zero-order chi connectivity index (χ0) is 16.2. The number of hydrogen-bond acceptors (Lipinski definition) is 6. The third-order valence-corrected chi connectivity index (χ3v) is 4.75. The average Bonchev–Trinajstić information content (AvgIpc) is 2.47. The molecule has 1 aliphatic rings. The van der Waals surface area contributed by atoms with E-state index in [-0.39, 0.29) is 18.6 Å². The summed E-state index contributed by atoms with van der Waals surface area (Å²) in [6.45, 7) is 0.875. The van der Waals surface area contributed by atoms with Crippen molar-refractivity contribution in [3.05, 3.63) is 18.3 Å². The Hall–Kier alpha value is -1.74. The van der Waals surface area contributed by atoms with Gasteiger partial charge >= 0.3 is 0 Å². The Morgan fingerprint density at radius 3 is 2.95 bits per heavy atom. The molecule has 0 N–H and O–H groups in total. The van der Waals surface area contributed by atoms with Crippen LogP contribution in [-0.2, 0) is 14.8 Å². The van der Waals surface area contributed by atoms with Crippen molar-refractivity contribution in [1.82, 2.24) is 19.4 Å². The number of carbonyl (C=O) groups is 1. The normalized spacial score (nSPS) is 19.2. The summed E-state index contributed by atoms with van der Waals surface area (Å²) in [7, 11) is -1.97. The molecule has 1 fully saturated rings. The number of ether oxygens (including phenoxy) is 1. The maximum Gasteiger partial charge on any atom is 0.238 e. The molecule has 2 rings (SSSR count). The van der Waals surface area contributed by atoms with Gasteiger partial charge in [0.2, 0.25) is 21.8 Å². The first-order valence-electron chi connectivity index (χ1n) is 6.99. The molecule has 0 saturated carbocycles. The molecule has 122 valence electrons. The molecule has 0 spiro atoms. The number of amides is 1. The Balaban J connectivity index is 1.91. The largest absolute Gasteiger partial charge is 0.471 e. The summed E-state index contributed by atoms with van der Waals surface area (Å²) in [6.07, 6.45) is 4.11. The molecular formula is C13H20N4O4S. The predicted molar refractivity (Wildman–Crippen MR) is 79.7 cm³/mol. The van der Waals surface area contributed by atoms with Crippen LogP contribution in [0.3, 0.4) is 0 Å². The molecule has 8 nitrogen and oxygen atoms in total. The number of hydrogen-bond donors (Lipinski definition) is 0. The van der Waals surface area contributed by atoms with Crippen LogP contribution in [0.2, 0.25) is 0 Å². The van der Waals surface area contributed by atoms with Crippen molar-refractivity contribution in [3.8, 4) is 5.88 Å². The van der Waals surface area contributed by atoms with Gasteiger partial charge in [0.15, 0.2) is 0 Å². The van der Waals surface area contributed by atoms with Crippen LogP contribution in [0.25, 0.3) is 0 Å². The predicted octanol–water partition coefficient (Wildman–Crippen LogP) is -0.262. The minimum absolute atomic E-state index is 0.155. The maximum absolute atomic E-state index is 12.2. The van der Waals surface area contributed by atoms with Crippen LogP contribution in [0.4, 0.5) is 0 Å². The van der Waals surface area contributed by atoms with Crippen LogP contribution in [0.5, 0.6) is 5.88 Å². The van der Waals surface area contributed by atoms with Crippen LogP contribution in [-0.4, -0.2) is 72.8 Å². The third kappa shape index (κ3) is 4.63. The lowest BCUT2D eigenvalue weighted by molar-refractivity contribution is -0.133. The Bertz CT molecular complexity index is 608. The second kappa shape index (κ2) is 7.01. The molecule has 1 atom stereocenters. The lowest BCUT2D eigenvalue weighted by Gasteiger charge is -2.33. The summed E-state index contributed by atoms with van der Waals surface area (Å²) in [6, 6.07) is 3.44. The van der Waals surface area contributed by atoms with Gasteiger partial charge in [-0.25, -0.2) is 8.42 Å². The minimum atomic E-state index is -3.36.